The van der Waals surface area contributed by atoms with Gasteiger partial charge in [0.25, 0.3) is 0 Å². The van der Waals surface area contributed by atoms with E-state index in [1.54, 1.807) is 7.11 Å². The van der Waals surface area contributed by atoms with E-state index in [9.17, 15) is 5.11 Å². The van der Waals surface area contributed by atoms with Crippen LogP contribution in [0.3, 0.4) is 0 Å². The number of aryl methyl sites for hydroxylation is 2. The van der Waals surface area contributed by atoms with Gasteiger partial charge in [0, 0.05) is 17.0 Å². The van der Waals surface area contributed by atoms with Crippen LogP contribution in [0.25, 0.3) is 0 Å². The number of aliphatic hydroxyl groups excluding tert-OH is 1. The number of aliphatic hydroxyl groups is 1. The number of methoxy groups -OCH3 is 1. The molecule has 1 unspecified atom stereocenters. The highest BCUT2D eigenvalue weighted by Crippen LogP contribution is 2.51. The van der Waals surface area contributed by atoms with Gasteiger partial charge in [-0.05, 0) is 50.9 Å². The topological polar surface area (TPSA) is 41.5 Å². The van der Waals surface area contributed by atoms with Crippen molar-refractivity contribution < 1.29 is 9.84 Å². The molecule has 0 bridgehead atoms. The Hall–Kier alpha value is -1.06. The quantitative estimate of drug-likeness (QED) is 0.858. The summed E-state index contributed by atoms with van der Waals surface area (Å²) in [6, 6.07) is 4.45. The molecule has 1 fully saturated rings. The second-order valence-corrected chi connectivity index (χ2v) is 5.77. The molecule has 1 saturated carbocycles. The van der Waals surface area contributed by atoms with Gasteiger partial charge < -0.3 is 15.2 Å². The predicted octanol–water partition coefficient (Wildman–Crippen LogP) is 2.74. The molecule has 3 heteroatoms. The molecule has 1 aliphatic carbocycles. The number of ether oxygens (including phenoxy) is 1. The number of rotatable bonds is 5. The zero-order valence-electron chi connectivity index (χ0n) is 12.4. The zero-order valence-corrected chi connectivity index (χ0v) is 12.4. The lowest BCUT2D eigenvalue weighted by Crippen LogP contribution is -2.44. The Bertz CT molecular complexity index is 447. The summed E-state index contributed by atoms with van der Waals surface area (Å²) >= 11 is 0. The number of benzene rings is 1. The summed E-state index contributed by atoms with van der Waals surface area (Å²) in [6.07, 6.45) is 3.35. The van der Waals surface area contributed by atoms with Crippen molar-refractivity contribution in [3.05, 3.63) is 28.8 Å². The lowest BCUT2D eigenvalue weighted by molar-refractivity contribution is 0.00712. The van der Waals surface area contributed by atoms with Crippen LogP contribution >= 0.6 is 0 Å². The van der Waals surface area contributed by atoms with Crippen molar-refractivity contribution in [3.63, 3.8) is 0 Å². The van der Waals surface area contributed by atoms with Gasteiger partial charge in [-0.3, -0.25) is 0 Å². The summed E-state index contributed by atoms with van der Waals surface area (Å²) in [6.45, 7) is 4.45. The first kappa shape index (κ1) is 14.4. The van der Waals surface area contributed by atoms with Crippen molar-refractivity contribution >= 4 is 0 Å². The lowest BCUT2D eigenvalue weighted by Gasteiger charge is -2.47. The van der Waals surface area contributed by atoms with Gasteiger partial charge in [0.05, 0.1) is 13.7 Å². The molecule has 1 aromatic rings. The number of hydrogen-bond donors (Lipinski definition) is 2. The highest BCUT2D eigenvalue weighted by atomic mass is 16.5. The Labute approximate surface area is 116 Å². The Balaban J connectivity index is 2.45. The van der Waals surface area contributed by atoms with Crippen LogP contribution in [0.2, 0.25) is 0 Å². The molecule has 0 amide bonds. The van der Waals surface area contributed by atoms with Crippen LogP contribution in [-0.2, 0) is 0 Å². The second kappa shape index (κ2) is 5.51. The molecule has 2 rings (SSSR count). The molecule has 2 N–H and O–H groups in total. The third-order valence-corrected chi connectivity index (χ3v) is 4.72. The molecule has 0 aliphatic heterocycles. The van der Waals surface area contributed by atoms with E-state index in [1.807, 2.05) is 7.05 Å². The van der Waals surface area contributed by atoms with E-state index in [1.165, 1.54) is 23.1 Å². The Morgan fingerprint density at radius 2 is 1.95 bits per heavy atom. The molecule has 0 spiro atoms. The fourth-order valence-corrected chi connectivity index (χ4v) is 3.17. The normalized spacial score (nSPS) is 18.8. The summed E-state index contributed by atoms with van der Waals surface area (Å²) in [4.78, 5) is 0. The van der Waals surface area contributed by atoms with Crippen LogP contribution in [0.15, 0.2) is 12.1 Å². The molecule has 1 aliphatic rings. The van der Waals surface area contributed by atoms with Crippen molar-refractivity contribution in [2.24, 2.45) is 5.41 Å². The van der Waals surface area contributed by atoms with Crippen LogP contribution in [0.5, 0.6) is 5.75 Å². The minimum atomic E-state index is -0.0241. The summed E-state index contributed by atoms with van der Waals surface area (Å²) in [5.41, 5.74) is 3.65. The fourth-order valence-electron chi connectivity index (χ4n) is 3.17. The first-order valence-electron chi connectivity index (χ1n) is 7.01. The SMILES string of the molecule is CNC(c1cc(C)c(C)cc1OC)C1(CO)CCC1. The zero-order chi connectivity index (χ0) is 14.0. The largest absolute Gasteiger partial charge is 0.496 e. The molecular formula is C16H25NO2. The van der Waals surface area contributed by atoms with Crippen molar-refractivity contribution in [3.8, 4) is 5.75 Å². The summed E-state index contributed by atoms with van der Waals surface area (Å²) in [5.74, 6) is 0.919. The maximum absolute atomic E-state index is 9.81. The highest BCUT2D eigenvalue weighted by molar-refractivity contribution is 5.44. The molecule has 19 heavy (non-hydrogen) atoms. The van der Waals surface area contributed by atoms with Crippen LogP contribution < -0.4 is 10.1 Å². The maximum Gasteiger partial charge on any atom is 0.123 e. The molecule has 0 heterocycles. The predicted molar refractivity (Wildman–Crippen MR) is 77.6 cm³/mol. The third kappa shape index (κ3) is 2.37. The lowest BCUT2D eigenvalue weighted by atomic mass is 9.62. The van der Waals surface area contributed by atoms with E-state index in [0.29, 0.717) is 0 Å². The van der Waals surface area contributed by atoms with Crippen LogP contribution in [0.4, 0.5) is 0 Å². The molecule has 106 valence electrons. The van der Waals surface area contributed by atoms with E-state index in [-0.39, 0.29) is 18.1 Å². The Morgan fingerprint density at radius 3 is 2.37 bits per heavy atom. The molecule has 3 nitrogen and oxygen atoms in total. The smallest absolute Gasteiger partial charge is 0.123 e. The van der Waals surface area contributed by atoms with Gasteiger partial charge >= 0.3 is 0 Å². The number of nitrogens with one attached hydrogen (secondary N) is 1. The molecule has 0 aromatic heterocycles. The van der Waals surface area contributed by atoms with Gasteiger partial charge in [-0.2, -0.15) is 0 Å². The van der Waals surface area contributed by atoms with Crippen molar-refractivity contribution in [1.29, 1.82) is 0 Å². The average molecular weight is 263 g/mol. The van der Waals surface area contributed by atoms with Crippen molar-refractivity contribution in [2.75, 3.05) is 20.8 Å². The molecular weight excluding hydrogens is 238 g/mol. The van der Waals surface area contributed by atoms with Gasteiger partial charge in [-0.25, -0.2) is 0 Å². The van der Waals surface area contributed by atoms with Crippen LogP contribution in [-0.4, -0.2) is 25.9 Å². The van der Waals surface area contributed by atoms with E-state index in [2.05, 4.69) is 31.3 Å². The monoisotopic (exact) mass is 263 g/mol. The molecule has 0 radical (unpaired) electrons. The van der Waals surface area contributed by atoms with E-state index in [0.717, 1.165) is 18.6 Å². The van der Waals surface area contributed by atoms with Gasteiger partial charge in [-0.15, -0.1) is 0 Å². The minimum Gasteiger partial charge on any atom is -0.496 e. The first-order chi connectivity index (χ1) is 9.07. The highest BCUT2D eigenvalue weighted by Gasteiger charge is 2.44. The molecule has 1 aromatic carbocycles. The summed E-state index contributed by atoms with van der Waals surface area (Å²) in [7, 11) is 3.68. The first-order valence-corrected chi connectivity index (χ1v) is 7.01. The van der Waals surface area contributed by atoms with Gasteiger partial charge in [-0.1, -0.05) is 12.5 Å². The third-order valence-electron chi connectivity index (χ3n) is 4.72. The summed E-state index contributed by atoms with van der Waals surface area (Å²) < 4.78 is 5.55. The van der Waals surface area contributed by atoms with Crippen LogP contribution in [0.1, 0.15) is 42.0 Å². The minimum absolute atomic E-state index is 0.0241. The van der Waals surface area contributed by atoms with Gasteiger partial charge in [0.1, 0.15) is 5.75 Å². The average Bonchev–Trinajstić information content (AvgIpc) is 2.36. The van der Waals surface area contributed by atoms with E-state index in [4.69, 9.17) is 4.74 Å². The van der Waals surface area contributed by atoms with E-state index < -0.39 is 0 Å². The van der Waals surface area contributed by atoms with Gasteiger partial charge in [0.2, 0.25) is 0 Å². The fraction of sp³-hybridized carbons (Fsp3) is 0.625. The van der Waals surface area contributed by atoms with E-state index >= 15 is 0 Å². The van der Waals surface area contributed by atoms with Crippen molar-refractivity contribution in [2.45, 2.75) is 39.2 Å². The standard InChI is InChI=1S/C16H25NO2/c1-11-8-13(14(19-4)9-12(11)2)15(17-3)16(10-18)6-5-7-16/h8-9,15,17-18H,5-7,10H2,1-4H3. The second-order valence-electron chi connectivity index (χ2n) is 5.77. The molecule has 0 saturated heterocycles. The number of hydrogen-bond acceptors (Lipinski definition) is 3. The van der Waals surface area contributed by atoms with Gasteiger partial charge in [0.15, 0.2) is 0 Å². The summed E-state index contributed by atoms with van der Waals surface area (Å²) in [5, 5.41) is 13.2. The Kier molecular flexibility index (Phi) is 4.16. The van der Waals surface area contributed by atoms with Crippen LogP contribution in [0, 0.1) is 19.3 Å². The van der Waals surface area contributed by atoms with Crippen molar-refractivity contribution in [1.82, 2.24) is 5.32 Å². The maximum atomic E-state index is 9.81. The molecule has 1 atom stereocenters. The Morgan fingerprint density at radius 1 is 1.32 bits per heavy atom.